The SMILES string of the molecule is CC(COc1ccccc1)(NC1CC1)C(N)=O. The molecule has 0 aromatic heterocycles. The Labute approximate surface area is 101 Å². The fourth-order valence-corrected chi connectivity index (χ4v) is 1.61. The Balaban J connectivity index is 1.95. The Morgan fingerprint density at radius 2 is 2.12 bits per heavy atom. The van der Waals surface area contributed by atoms with Crippen molar-refractivity contribution in [2.45, 2.75) is 31.3 Å². The van der Waals surface area contributed by atoms with Gasteiger partial charge in [-0.15, -0.1) is 0 Å². The topological polar surface area (TPSA) is 64.3 Å². The Morgan fingerprint density at radius 3 is 2.65 bits per heavy atom. The van der Waals surface area contributed by atoms with Gasteiger partial charge < -0.3 is 10.5 Å². The van der Waals surface area contributed by atoms with Gasteiger partial charge in [-0.2, -0.15) is 0 Å². The lowest BCUT2D eigenvalue weighted by Crippen LogP contribution is -2.57. The zero-order valence-corrected chi connectivity index (χ0v) is 9.98. The van der Waals surface area contributed by atoms with Crippen LogP contribution in [0.1, 0.15) is 19.8 Å². The fourth-order valence-electron chi connectivity index (χ4n) is 1.61. The fraction of sp³-hybridized carbons (Fsp3) is 0.462. The van der Waals surface area contributed by atoms with Crippen LogP contribution in [0, 0.1) is 0 Å². The monoisotopic (exact) mass is 234 g/mol. The smallest absolute Gasteiger partial charge is 0.240 e. The van der Waals surface area contributed by atoms with Crippen LogP contribution < -0.4 is 15.8 Å². The number of primary amides is 1. The third kappa shape index (κ3) is 3.20. The summed E-state index contributed by atoms with van der Waals surface area (Å²) in [6, 6.07) is 9.84. The molecule has 92 valence electrons. The number of carbonyl (C=O) groups is 1. The van der Waals surface area contributed by atoms with Gasteiger partial charge in [-0.05, 0) is 31.9 Å². The molecule has 1 amide bonds. The molecule has 1 unspecified atom stereocenters. The van der Waals surface area contributed by atoms with Gasteiger partial charge in [0, 0.05) is 6.04 Å². The lowest BCUT2D eigenvalue weighted by molar-refractivity contribution is -0.125. The molecule has 3 N–H and O–H groups in total. The molecular formula is C13H18N2O2. The summed E-state index contributed by atoms with van der Waals surface area (Å²) in [4.78, 5) is 11.5. The van der Waals surface area contributed by atoms with Crippen molar-refractivity contribution in [1.82, 2.24) is 5.32 Å². The van der Waals surface area contributed by atoms with Crippen molar-refractivity contribution >= 4 is 5.91 Å². The highest BCUT2D eigenvalue weighted by atomic mass is 16.5. The summed E-state index contributed by atoms with van der Waals surface area (Å²) in [7, 11) is 0. The molecule has 17 heavy (non-hydrogen) atoms. The van der Waals surface area contributed by atoms with E-state index >= 15 is 0 Å². The standard InChI is InChI=1S/C13H18N2O2/c1-13(12(14)16,15-10-7-8-10)9-17-11-5-3-2-4-6-11/h2-6,10,15H,7-9H2,1H3,(H2,14,16). The Morgan fingerprint density at radius 1 is 1.47 bits per heavy atom. The van der Waals surface area contributed by atoms with Crippen molar-refractivity contribution in [3.63, 3.8) is 0 Å². The molecule has 4 heteroatoms. The maximum absolute atomic E-state index is 11.5. The van der Waals surface area contributed by atoms with Crippen LogP contribution in [0.2, 0.25) is 0 Å². The summed E-state index contributed by atoms with van der Waals surface area (Å²) in [6.07, 6.45) is 2.21. The summed E-state index contributed by atoms with van der Waals surface area (Å²) in [5, 5.41) is 3.24. The van der Waals surface area contributed by atoms with E-state index in [1.807, 2.05) is 30.3 Å². The van der Waals surface area contributed by atoms with Gasteiger partial charge in [0.25, 0.3) is 0 Å². The number of ether oxygens (including phenoxy) is 1. The predicted molar refractivity (Wildman–Crippen MR) is 65.7 cm³/mol. The molecule has 1 saturated carbocycles. The molecule has 4 nitrogen and oxygen atoms in total. The van der Waals surface area contributed by atoms with Gasteiger partial charge in [-0.3, -0.25) is 10.1 Å². The van der Waals surface area contributed by atoms with E-state index in [0.29, 0.717) is 6.04 Å². The number of hydrogen-bond acceptors (Lipinski definition) is 3. The second-order valence-electron chi connectivity index (χ2n) is 4.72. The van der Waals surface area contributed by atoms with Gasteiger partial charge in [-0.25, -0.2) is 0 Å². The molecule has 0 saturated heterocycles. The predicted octanol–water partition coefficient (Wildman–Crippen LogP) is 1.06. The van der Waals surface area contributed by atoms with E-state index in [9.17, 15) is 4.79 Å². The van der Waals surface area contributed by atoms with Crippen LogP contribution in [0.15, 0.2) is 30.3 Å². The zero-order valence-electron chi connectivity index (χ0n) is 9.98. The molecule has 0 radical (unpaired) electrons. The van der Waals surface area contributed by atoms with Gasteiger partial charge in [0.05, 0.1) is 0 Å². The van der Waals surface area contributed by atoms with Crippen molar-refractivity contribution in [2.24, 2.45) is 5.73 Å². The third-order valence-electron chi connectivity index (χ3n) is 2.91. The zero-order chi connectivity index (χ0) is 12.3. The lowest BCUT2D eigenvalue weighted by Gasteiger charge is -2.27. The molecular weight excluding hydrogens is 216 g/mol. The summed E-state index contributed by atoms with van der Waals surface area (Å²) in [5.41, 5.74) is 4.64. The molecule has 1 aromatic rings. The van der Waals surface area contributed by atoms with Crippen LogP contribution in [-0.4, -0.2) is 24.1 Å². The Hall–Kier alpha value is -1.55. The van der Waals surface area contributed by atoms with Crippen LogP contribution in [0.5, 0.6) is 5.75 Å². The minimum absolute atomic E-state index is 0.253. The van der Waals surface area contributed by atoms with Crippen LogP contribution in [0.3, 0.4) is 0 Å². The number of benzene rings is 1. The summed E-state index contributed by atoms with van der Waals surface area (Å²) in [5.74, 6) is 0.373. The van der Waals surface area contributed by atoms with Crippen molar-refractivity contribution in [3.05, 3.63) is 30.3 Å². The molecule has 1 aromatic carbocycles. The van der Waals surface area contributed by atoms with Crippen LogP contribution in [0.4, 0.5) is 0 Å². The quantitative estimate of drug-likeness (QED) is 0.773. The molecule has 0 aliphatic heterocycles. The minimum atomic E-state index is -0.795. The van der Waals surface area contributed by atoms with Gasteiger partial charge in [-0.1, -0.05) is 18.2 Å². The minimum Gasteiger partial charge on any atom is -0.491 e. The van der Waals surface area contributed by atoms with Crippen molar-refractivity contribution in [3.8, 4) is 5.75 Å². The molecule has 1 aliphatic carbocycles. The normalized spacial score (nSPS) is 18.4. The molecule has 0 bridgehead atoms. The molecule has 1 aliphatic rings. The van der Waals surface area contributed by atoms with Crippen molar-refractivity contribution in [1.29, 1.82) is 0 Å². The van der Waals surface area contributed by atoms with Gasteiger partial charge >= 0.3 is 0 Å². The van der Waals surface area contributed by atoms with Crippen LogP contribution in [0.25, 0.3) is 0 Å². The number of carbonyl (C=O) groups excluding carboxylic acids is 1. The summed E-state index contributed by atoms with van der Waals surface area (Å²) < 4.78 is 5.60. The van der Waals surface area contributed by atoms with E-state index in [1.165, 1.54) is 0 Å². The number of nitrogens with two attached hydrogens (primary N) is 1. The molecule has 0 spiro atoms. The van der Waals surface area contributed by atoms with E-state index in [2.05, 4.69) is 5.32 Å². The second-order valence-corrected chi connectivity index (χ2v) is 4.72. The van der Waals surface area contributed by atoms with Crippen LogP contribution in [-0.2, 0) is 4.79 Å². The van der Waals surface area contributed by atoms with Gasteiger partial charge in [0.2, 0.25) is 5.91 Å². The average Bonchev–Trinajstić information content (AvgIpc) is 3.11. The highest BCUT2D eigenvalue weighted by molar-refractivity contribution is 5.84. The molecule has 1 atom stereocenters. The first kappa shape index (κ1) is 11.9. The van der Waals surface area contributed by atoms with Crippen LogP contribution >= 0.6 is 0 Å². The maximum Gasteiger partial charge on any atom is 0.240 e. The van der Waals surface area contributed by atoms with Crippen molar-refractivity contribution in [2.75, 3.05) is 6.61 Å². The highest BCUT2D eigenvalue weighted by Crippen LogP contribution is 2.23. The molecule has 1 fully saturated rings. The largest absolute Gasteiger partial charge is 0.491 e. The summed E-state index contributed by atoms with van der Waals surface area (Å²) in [6.45, 7) is 2.04. The van der Waals surface area contributed by atoms with Gasteiger partial charge in [0.15, 0.2) is 0 Å². The van der Waals surface area contributed by atoms with E-state index < -0.39 is 5.54 Å². The number of para-hydroxylation sites is 1. The van der Waals surface area contributed by atoms with Crippen molar-refractivity contribution < 1.29 is 9.53 Å². The average molecular weight is 234 g/mol. The van der Waals surface area contributed by atoms with E-state index in [1.54, 1.807) is 6.92 Å². The summed E-state index contributed by atoms with van der Waals surface area (Å²) >= 11 is 0. The van der Waals surface area contributed by atoms with E-state index in [4.69, 9.17) is 10.5 Å². The highest BCUT2D eigenvalue weighted by Gasteiger charge is 2.37. The Kier molecular flexibility index (Phi) is 3.33. The van der Waals surface area contributed by atoms with Gasteiger partial charge in [0.1, 0.15) is 17.9 Å². The number of nitrogens with one attached hydrogen (secondary N) is 1. The molecule has 0 heterocycles. The second kappa shape index (κ2) is 4.75. The van der Waals surface area contributed by atoms with E-state index in [-0.39, 0.29) is 12.5 Å². The third-order valence-corrected chi connectivity index (χ3v) is 2.91. The first-order valence-corrected chi connectivity index (χ1v) is 5.86. The number of amides is 1. The first-order chi connectivity index (χ1) is 8.10. The first-order valence-electron chi connectivity index (χ1n) is 5.86. The van der Waals surface area contributed by atoms with E-state index in [0.717, 1.165) is 18.6 Å². The maximum atomic E-state index is 11.5. The Bertz CT molecular complexity index is 390. The lowest BCUT2D eigenvalue weighted by atomic mass is 10.0. The number of hydrogen-bond donors (Lipinski definition) is 2. The molecule has 2 rings (SSSR count). The number of rotatable bonds is 6.